The molecule has 0 bridgehead atoms. The first-order chi connectivity index (χ1) is 8.09. The fourth-order valence-electron chi connectivity index (χ4n) is 2.80. The molecule has 1 aliphatic rings. The summed E-state index contributed by atoms with van der Waals surface area (Å²) in [5.41, 5.74) is 10.2. The van der Waals surface area contributed by atoms with E-state index in [1.807, 2.05) is 6.20 Å². The van der Waals surface area contributed by atoms with Crippen LogP contribution in [0, 0.1) is 27.7 Å². The second-order valence-electron chi connectivity index (χ2n) is 4.89. The van der Waals surface area contributed by atoms with Crippen molar-refractivity contribution in [1.82, 2.24) is 9.97 Å². The van der Waals surface area contributed by atoms with Gasteiger partial charge in [0, 0.05) is 29.6 Å². The number of hydrogen-bond donors (Lipinski definition) is 0. The number of aryl methyl sites for hydroxylation is 3. The summed E-state index contributed by atoms with van der Waals surface area (Å²) >= 11 is 0. The van der Waals surface area contributed by atoms with Gasteiger partial charge in [-0.15, -0.1) is 0 Å². The lowest BCUT2D eigenvalue weighted by molar-refractivity contribution is 1.03. The lowest BCUT2D eigenvalue weighted by Crippen LogP contribution is -1.98. The number of hydrogen-bond acceptors (Lipinski definition) is 2. The molecule has 2 heteroatoms. The molecule has 0 aliphatic heterocycles. The van der Waals surface area contributed by atoms with Crippen LogP contribution in [-0.4, -0.2) is 9.97 Å². The maximum Gasteiger partial charge on any atom is 0.0529 e. The normalized spacial score (nSPS) is 12.5. The smallest absolute Gasteiger partial charge is 0.0529 e. The molecule has 3 rings (SSSR count). The number of pyridine rings is 2. The van der Waals surface area contributed by atoms with Crippen molar-refractivity contribution in [3.8, 4) is 11.1 Å². The average Bonchev–Trinajstić information content (AvgIpc) is 2.67. The summed E-state index contributed by atoms with van der Waals surface area (Å²) in [6.45, 7) is 8.53. The van der Waals surface area contributed by atoms with E-state index < -0.39 is 0 Å². The first-order valence-electron chi connectivity index (χ1n) is 6.01. The average molecular weight is 224 g/mol. The highest BCUT2D eigenvalue weighted by molar-refractivity contribution is 5.81. The lowest BCUT2D eigenvalue weighted by Gasteiger charge is -2.11. The van der Waals surface area contributed by atoms with Crippen molar-refractivity contribution in [3.05, 3.63) is 46.0 Å². The molecular weight excluding hydrogens is 208 g/mol. The van der Waals surface area contributed by atoms with Gasteiger partial charge >= 0.3 is 0 Å². The Labute approximate surface area is 102 Å². The molecule has 1 aliphatic carbocycles. The first-order valence-corrected chi connectivity index (χ1v) is 6.01. The molecule has 0 spiro atoms. The van der Waals surface area contributed by atoms with Crippen LogP contribution in [0.5, 0.6) is 0 Å². The van der Waals surface area contributed by atoms with Gasteiger partial charge in [-0.25, -0.2) is 0 Å². The third-order valence-electron chi connectivity index (χ3n) is 3.82. The van der Waals surface area contributed by atoms with Crippen LogP contribution in [0.1, 0.15) is 33.8 Å². The molecule has 0 N–H and O–H groups in total. The largest absolute Gasteiger partial charge is 0.260 e. The van der Waals surface area contributed by atoms with Crippen LogP contribution in [0.15, 0.2) is 12.3 Å². The maximum atomic E-state index is 4.63. The highest BCUT2D eigenvalue weighted by Crippen LogP contribution is 2.41. The molecule has 0 amide bonds. The van der Waals surface area contributed by atoms with E-state index in [-0.39, 0.29) is 0 Å². The van der Waals surface area contributed by atoms with Crippen molar-refractivity contribution in [2.45, 2.75) is 34.1 Å². The Morgan fingerprint density at radius 2 is 1.76 bits per heavy atom. The molecule has 2 aromatic rings. The van der Waals surface area contributed by atoms with E-state index in [2.05, 4.69) is 43.7 Å². The monoisotopic (exact) mass is 224 g/mol. The summed E-state index contributed by atoms with van der Waals surface area (Å²) in [4.78, 5) is 9.15. The minimum atomic E-state index is 0.937. The second kappa shape index (κ2) is 3.39. The Bertz CT molecular complexity index is 627. The highest BCUT2D eigenvalue weighted by Gasteiger charge is 2.25. The van der Waals surface area contributed by atoms with Crippen molar-refractivity contribution < 1.29 is 0 Å². The van der Waals surface area contributed by atoms with Crippen LogP contribution in [0.4, 0.5) is 0 Å². The van der Waals surface area contributed by atoms with Crippen LogP contribution >= 0.6 is 0 Å². The summed E-state index contributed by atoms with van der Waals surface area (Å²) in [6, 6.07) is 2.10. The first kappa shape index (κ1) is 10.5. The van der Waals surface area contributed by atoms with E-state index in [1.54, 1.807) is 0 Å². The fraction of sp³-hybridized carbons (Fsp3) is 0.333. The lowest BCUT2D eigenvalue weighted by atomic mass is 9.97. The zero-order valence-corrected chi connectivity index (χ0v) is 10.8. The number of rotatable bonds is 0. The molecular formula is C15H16N2. The topological polar surface area (TPSA) is 25.8 Å². The van der Waals surface area contributed by atoms with Crippen molar-refractivity contribution in [1.29, 1.82) is 0 Å². The molecule has 86 valence electrons. The van der Waals surface area contributed by atoms with Crippen molar-refractivity contribution >= 4 is 0 Å². The summed E-state index contributed by atoms with van der Waals surface area (Å²) < 4.78 is 0. The molecule has 0 saturated heterocycles. The van der Waals surface area contributed by atoms with Crippen LogP contribution < -0.4 is 0 Å². The predicted molar refractivity (Wildman–Crippen MR) is 69.2 cm³/mol. The van der Waals surface area contributed by atoms with Gasteiger partial charge in [-0.1, -0.05) is 0 Å². The van der Waals surface area contributed by atoms with Gasteiger partial charge < -0.3 is 0 Å². The zero-order chi connectivity index (χ0) is 12.2. The van der Waals surface area contributed by atoms with Gasteiger partial charge in [0.25, 0.3) is 0 Å². The molecule has 2 aromatic heterocycles. The van der Waals surface area contributed by atoms with Crippen molar-refractivity contribution in [2.75, 3.05) is 0 Å². The van der Waals surface area contributed by atoms with Gasteiger partial charge in [0.1, 0.15) is 0 Å². The fourth-order valence-corrected chi connectivity index (χ4v) is 2.80. The molecule has 2 nitrogen and oxygen atoms in total. The Morgan fingerprint density at radius 3 is 2.53 bits per heavy atom. The molecule has 0 fully saturated rings. The Morgan fingerprint density at radius 1 is 1.00 bits per heavy atom. The number of nitrogens with zero attached hydrogens (tertiary/aromatic N) is 2. The van der Waals surface area contributed by atoms with Gasteiger partial charge in [-0.05, 0) is 56.0 Å². The van der Waals surface area contributed by atoms with E-state index in [9.17, 15) is 0 Å². The van der Waals surface area contributed by atoms with Crippen molar-refractivity contribution in [3.63, 3.8) is 0 Å². The minimum absolute atomic E-state index is 0.937. The Kier molecular flexibility index (Phi) is 2.09. The van der Waals surface area contributed by atoms with Gasteiger partial charge in [-0.3, -0.25) is 9.97 Å². The SMILES string of the molecule is Cc1ccnc2c1-c1c(C)c(C)nc(C)c1C2. The van der Waals surface area contributed by atoms with Crippen LogP contribution in [0.2, 0.25) is 0 Å². The quantitative estimate of drug-likeness (QED) is 0.585. The van der Waals surface area contributed by atoms with Crippen LogP contribution in [0.3, 0.4) is 0 Å². The van der Waals surface area contributed by atoms with Gasteiger partial charge in [0.05, 0.1) is 5.69 Å². The molecule has 0 saturated carbocycles. The molecule has 0 atom stereocenters. The standard InChI is InChI=1S/C15H16N2/c1-8-5-6-16-13-7-12-11(4)17-10(3)9(2)15(12)14(8)13/h5-6H,7H2,1-4H3. The third kappa shape index (κ3) is 1.33. The molecule has 17 heavy (non-hydrogen) atoms. The van der Waals surface area contributed by atoms with E-state index in [0.717, 1.165) is 17.8 Å². The molecule has 0 aromatic carbocycles. The molecule has 2 heterocycles. The van der Waals surface area contributed by atoms with Crippen LogP contribution in [-0.2, 0) is 6.42 Å². The second-order valence-corrected chi connectivity index (χ2v) is 4.89. The van der Waals surface area contributed by atoms with E-state index in [1.165, 1.54) is 33.5 Å². The maximum absolute atomic E-state index is 4.63. The van der Waals surface area contributed by atoms with Gasteiger partial charge in [-0.2, -0.15) is 0 Å². The molecule has 0 radical (unpaired) electrons. The highest BCUT2D eigenvalue weighted by atomic mass is 14.7. The van der Waals surface area contributed by atoms with Crippen LogP contribution in [0.25, 0.3) is 11.1 Å². The number of aromatic nitrogens is 2. The van der Waals surface area contributed by atoms with Gasteiger partial charge in [0.2, 0.25) is 0 Å². The summed E-state index contributed by atoms with van der Waals surface area (Å²) in [5, 5.41) is 0. The molecule has 0 unspecified atom stereocenters. The number of fused-ring (bicyclic) bond motifs is 3. The zero-order valence-electron chi connectivity index (χ0n) is 10.8. The van der Waals surface area contributed by atoms with E-state index >= 15 is 0 Å². The summed E-state index contributed by atoms with van der Waals surface area (Å²) in [6.07, 6.45) is 2.84. The van der Waals surface area contributed by atoms with Gasteiger partial charge in [0.15, 0.2) is 0 Å². The van der Waals surface area contributed by atoms with E-state index in [0.29, 0.717) is 0 Å². The summed E-state index contributed by atoms with van der Waals surface area (Å²) in [5.74, 6) is 0. The minimum Gasteiger partial charge on any atom is -0.260 e. The Balaban J connectivity index is 2.42. The predicted octanol–water partition coefficient (Wildman–Crippen LogP) is 3.28. The van der Waals surface area contributed by atoms with Crippen molar-refractivity contribution in [2.24, 2.45) is 0 Å². The van der Waals surface area contributed by atoms with E-state index in [4.69, 9.17) is 0 Å². The third-order valence-corrected chi connectivity index (χ3v) is 3.82. The Hall–Kier alpha value is -1.70. The summed E-state index contributed by atoms with van der Waals surface area (Å²) in [7, 11) is 0.